The molecule has 110 heavy (non-hydrogen) atoms. The van der Waals surface area contributed by atoms with Gasteiger partial charge >= 0.3 is 12.4 Å². The summed E-state index contributed by atoms with van der Waals surface area (Å²) in [5.74, 6) is -16.7. The van der Waals surface area contributed by atoms with E-state index in [0.29, 0.717) is 44.2 Å². The zero-order chi connectivity index (χ0) is 81.9. The van der Waals surface area contributed by atoms with E-state index in [4.69, 9.17) is 4.74 Å². The lowest BCUT2D eigenvalue weighted by Gasteiger charge is -2.47. The van der Waals surface area contributed by atoms with Crippen molar-refractivity contribution >= 4 is 70.9 Å². The molecule has 0 aromatic heterocycles. The predicted octanol–water partition coefficient (Wildman–Crippen LogP) is 5.98. The first-order valence-electron chi connectivity index (χ1n) is 37.0. The zero-order valence-corrected chi connectivity index (χ0v) is 64.1. The van der Waals surface area contributed by atoms with E-state index in [9.17, 15) is 63.9 Å². The number of ether oxygens (including phenoxy) is 1. The molecule has 7 rings (SSSR count). The molecule has 0 radical (unpaired) electrons. The minimum atomic E-state index is -5.51. The van der Waals surface area contributed by atoms with E-state index in [1.807, 2.05) is 0 Å². The topological polar surface area (TPSA) is 279 Å². The fraction of sp³-hybridized carbons (Fsp3) is 0.653. The smallest absolute Gasteiger partial charge is 0.370 e. The van der Waals surface area contributed by atoms with Crippen LogP contribution in [0.1, 0.15) is 140 Å². The molecule has 4 fully saturated rings. The molecule has 2 bridgehead atoms. The number of carbonyl (C=O) groups excluding carboxylic acids is 12. The van der Waals surface area contributed by atoms with Crippen molar-refractivity contribution in [2.45, 2.75) is 209 Å². The van der Waals surface area contributed by atoms with Crippen molar-refractivity contribution in [1.82, 2.24) is 60.0 Å². The fourth-order valence-electron chi connectivity index (χ4n) is 15.1. The van der Waals surface area contributed by atoms with Crippen molar-refractivity contribution < 1.29 is 106 Å². The van der Waals surface area contributed by atoms with Gasteiger partial charge < -0.3 is 64.8 Å². The van der Waals surface area contributed by atoms with Crippen LogP contribution < -0.4 is 16.0 Å². The number of likely N-dealkylation sites (N-methyl/N-ethyl adjacent to an activating group) is 7. The van der Waals surface area contributed by atoms with Crippen LogP contribution in [0.15, 0.2) is 48.6 Å². The SMILES string of the molecule is CC[C@H](C)[C@@H]1NC(=O)[C@H](CC(C)C)N(C)C(=O)C[C@@H](C(=O)N(C)C)N(C)C(=O)[C@H](C2CCCC2)N(C)C(=O)C2(CCC2)NC(=O)[C@@H]2[C@@H](OCC(F)F)CCN2C(=O)[C@H](CCc2cc(F)c(C(F)(F)F)c(F)c2)NC(=O)CN(C)C(=O)[C@H](Cc2ccc(C(F)(F)F)cc2)N2CC/C=C\C[C@@H](C2=O)N(C)C(=O)CN(C)C1=O. The van der Waals surface area contributed by atoms with E-state index in [0.717, 1.165) is 75.4 Å². The number of benzene rings is 2. The predicted molar refractivity (Wildman–Crippen MR) is 379 cm³/mol. The first kappa shape index (κ1) is 88.3. The number of alkyl halides is 8. The maximum atomic E-state index is 15.5. The van der Waals surface area contributed by atoms with E-state index in [-0.39, 0.29) is 63.0 Å². The van der Waals surface area contributed by atoms with Gasteiger partial charge in [0.05, 0.1) is 31.2 Å². The minimum absolute atomic E-state index is 0.00803. The van der Waals surface area contributed by atoms with Gasteiger partial charge in [0.15, 0.2) is 0 Å². The van der Waals surface area contributed by atoms with Crippen LogP contribution in [-0.4, -0.2) is 271 Å². The average molecular weight is 1570 g/mol. The Morgan fingerprint density at radius 3 is 1.83 bits per heavy atom. The summed E-state index contributed by atoms with van der Waals surface area (Å²) >= 11 is 0. The summed E-state index contributed by atoms with van der Waals surface area (Å²) in [5.41, 5.74) is -5.63. The molecular formula is C75H102F10N12O13. The first-order valence-corrected chi connectivity index (χ1v) is 37.0. The number of hydrogen-bond acceptors (Lipinski definition) is 13. The Bertz CT molecular complexity index is 3700. The normalized spacial score (nSPS) is 25.9. The lowest BCUT2D eigenvalue weighted by atomic mass is 9.74. The van der Waals surface area contributed by atoms with Gasteiger partial charge in [-0.05, 0) is 124 Å². The second kappa shape index (κ2) is 37.4. The summed E-state index contributed by atoms with van der Waals surface area (Å²) in [6.45, 7) is 3.12. The Kier molecular flexibility index (Phi) is 30.0. The third-order valence-electron chi connectivity index (χ3n) is 21.8. The van der Waals surface area contributed by atoms with Crippen LogP contribution in [0.3, 0.4) is 0 Å². The Hall–Kier alpha value is -8.92. The average Bonchev–Trinajstić information content (AvgIpc) is 1.32. The quantitative estimate of drug-likeness (QED) is 0.145. The first-order chi connectivity index (χ1) is 51.4. The number of fused-ring (bicyclic) bond motifs is 3. The zero-order valence-electron chi connectivity index (χ0n) is 64.1. The molecule has 1 spiro atoms. The molecule has 25 nitrogen and oxygen atoms in total. The molecule has 2 saturated heterocycles. The lowest BCUT2D eigenvalue weighted by Crippen LogP contribution is -2.69. The molecule has 10 atom stereocenters. The van der Waals surface area contributed by atoms with Crippen LogP contribution >= 0.6 is 0 Å². The van der Waals surface area contributed by atoms with Crippen LogP contribution in [0.5, 0.6) is 0 Å². The van der Waals surface area contributed by atoms with Crippen LogP contribution in [0, 0.1) is 29.4 Å². The Morgan fingerprint density at radius 2 is 1.27 bits per heavy atom. The lowest BCUT2D eigenvalue weighted by molar-refractivity contribution is -0.158. The van der Waals surface area contributed by atoms with Gasteiger partial charge in [-0.15, -0.1) is 0 Å². The number of nitrogens with one attached hydrogen (secondary N) is 3. The van der Waals surface area contributed by atoms with Crippen molar-refractivity contribution in [1.29, 1.82) is 0 Å². The minimum Gasteiger partial charge on any atom is -0.370 e. The van der Waals surface area contributed by atoms with E-state index in [2.05, 4.69) is 16.0 Å². The van der Waals surface area contributed by atoms with E-state index in [1.165, 1.54) is 49.3 Å². The van der Waals surface area contributed by atoms with Gasteiger partial charge in [-0.1, -0.05) is 71.2 Å². The molecule has 3 heterocycles. The molecule has 2 aromatic rings. The highest BCUT2D eigenvalue weighted by Gasteiger charge is 2.55. The standard InChI is InChI=1S/C75H102F10N12O13/c1-13-43(4)61-70(107)91(8)40-59(100)92(9)51-22-15-14-18-32-96(69(51)106)54(37-44-23-26-47(27-24-44)74(80,81)82)68(105)90(7)39-57(98)86-50(28-25-45-35-48(76)60(49(77)36-45)75(83,84)85)66(103)97-33-29-55(110-41-56(78)79)63(97)65(102)88-73(30-19-31-73)72(109)95(12)62(46-20-16-17-21-46)71(108)94(11)53(67(104)89(5)6)38-58(99)93(10)52(34-42(2)3)64(101)87-61/h14-15,23-24,26-27,35-36,42-43,46,50-56,61-63H,13,16-22,25,28-34,37-41H2,1-12H3,(H,86,98)(H,87,101)(H,88,102)/b15-14-/t43-,50-,51-,52-,53-,54-,55-,61-,62-,63-/m0/s1. The Balaban J connectivity index is 1.37. The molecule has 2 aliphatic carbocycles. The van der Waals surface area contributed by atoms with Gasteiger partial charge in [0, 0.05) is 75.9 Å². The number of hydrogen-bond donors (Lipinski definition) is 3. The summed E-state index contributed by atoms with van der Waals surface area (Å²) < 4.78 is 148. The third-order valence-corrected chi connectivity index (χ3v) is 21.8. The molecule has 3 aliphatic heterocycles. The number of rotatable bonds is 14. The number of aryl methyl sites for hydroxylation is 1. The van der Waals surface area contributed by atoms with Crippen LogP contribution in [-0.2, 0) is 87.5 Å². The highest BCUT2D eigenvalue weighted by molar-refractivity contribution is 6.01. The molecular weight excluding hydrogens is 1470 g/mol. The van der Waals surface area contributed by atoms with Gasteiger partial charge in [0.2, 0.25) is 70.9 Å². The summed E-state index contributed by atoms with van der Waals surface area (Å²) in [4.78, 5) is 190. The second-order valence-electron chi connectivity index (χ2n) is 30.2. The maximum Gasteiger partial charge on any atom is 0.422 e. The molecule has 3 N–H and O–H groups in total. The third kappa shape index (κ3) is 21.2. The second-order valence-corrected chi connectivity index (χ2v) is 30.2. The summed E-state index contributed by atoms with van der Waals surface area (Å²) in [5, 5.41) is 7.98. The molecule has 2 aromatic carbocycles. The summed E-state index contributed by atoms with van der Waals surface area (Å²) in [6.07, 6.45) is -12.7. The van der Waals surface area contributed by atoms with Crippen molar-refractivity contribution in [2.75, 3.05) is 89.2 Å². The Labute approximate surface area is 633 Å². The molecule has 2 saturated carbocycles. The molecule has 35 heteroatoms. The van der Waals surface area contributed by atoms with Crippen LogP contribution in [0.25, 0.3) is 0 Å². The molecule has 5 aliphatic rings. The number of carbonyl (C=O) groups is 12. The van der Waals surface area contributed by atoms with Gasteiger partial charge in [-0.25, -0.2) is 17.6 Å². The Morgan fingerprint density at radius 1 is 0.655 bits per heavy atom. The number of amides is 12. The largest absolute Gasteiger partial charge is 0.422 e. The van der Waals surface area contributed by atoms with Crippen LogP contribution in [0.2, 0.25) is 0 Å². The van der Waals surface area contributed by atoms with Gasteiger partial charge in [0.25, 0.3) is 6.43 Å². The summed E-state index contributed by atoms with van der Waals surface area (Å²) in [7, 11) is 10.3. The van der Waals surface area contributed by atoms with Gasteiger partial charge in [-0.3, -0.25) is 57.5 Å². The summed E-state index contributed by atoms with van der Waals surface area (Å²) in [6, 6.07) is -8.49. The highest BCUT2D eigenvalue weighted by atomic mass is 19.4. The fourth-order valence-corrected chi connectivity index (χ4v) is 15.1. The highest BCUT2D eigenvalue weighted by Crippen LogP contribution is 2.40. The van der Waals surface area contributed by atoms with Crippen LogP contribution in [0.4, 0.5) is 43.9 Å². The molecule has 0 unspecified atom stereocenters. The maximum absolute atomic E-state index is 15.5. The van der Waals surface area contributed by atoms with E-state index in [1.54, 1.807) is 39.8 Å². The van der Waals surface area contributed by atoms with Crippen molar-refractivity contribution in [3.63, 3.8) is 0 Å². The van der Waals surface area contributed by atoms with Crippen molar-refractivity contribution in [3.05, 3.63) is 82.4 Å². The van der Waals surface area contributed by atoms with Crippen molar-refractivity contribution in [3.8, 4) is 0 Å². The molecule has 610 valence electrons. The van der Waals surface area contributed by atoms with Crippen molar-refractivity contribution in [2.24, 2.45) is 17.8 Å². The number of nitrogens with zero attached hydrogens (tertiary/aromatic N) is 9. The monoisotopic (exact) mass is 1570 g/mol. The molecule has 12 amide bonds. The van der Waals surface area contributed by atoms with E-state index < -0.39 is 242 Å². The van der Waals surface area contributed by atoms with Gasteiger partial charge in [-0.2, -0.15) is 26.3 Å². The number of halogens is 10. The van der Waals surface area contributed by atoms with E-state index >= 15 is 37.5 Å². The van der Waals surface area contributed by atoms with Gasteiger partial charge in [0.1, 0.15) is 77.7 Å².